The lowest BCUT2D eigenvalue weighted by molar-refractivity contribution is -0.354. The lowest BCUT2D eigenvalue weighted by atomic mass is 10.1. The fourth-order valence-corrected chi connectivity index (χ4v) is 3.02. The number of aromatic amines is 1. The summed E-state index contributed by atoms with van der Waals surface area (Å²) in [7, 11) is 0. The molecule has 6 heteroatoms. The molecule has 0 bridgehead atoms. The summed E-state index contributed by atoms with van der Waals surface area (Å²) in [6, 6.07) is 10.3. The maximum atomic E-state index is 11.9. The first-order chi connectivity index (χ1) is 11.5. The Morgan fingerprint density at radius 1 is 1.12 bits per heavy atom. The number of rotatable bonds is 3. The van der Waals surface area contributed by atoms with Crippen LogP contribution in [0.15, 0.2) is 42.5 Å². The van der Waals surface area contributed by atoms with E-state index >= 15 is 0 Å². The summed E-state index contributed by atoms with van der Waals surface area (Å²) < 4.78 is 0. The largest absolute Gasteiger partial charge is 0.545 e. The second-order valence-corrected chi connectivity index (χ2v) is 5.85. The highest BCUT2D eigenvalue weighted by molar-refractivity contribution is 5.94. The molecule has 124 valence electrons. The van der Waals surface area contributed by atoms with Crippen molar-refractivity contribution >= 4 is 28.5 Å². The van der Waals surface area contributed by atoms with Crippen LogP contribution in [0.2, 0.25) is 0 Å². The van der Waals surface area contributed by atoms with E-state index in [1.807, 2.05) is 19.1 Å². The van der Waals surface area contributed by atoms with Crippen molar-refractivity contribution < 1.29 is 19.7 Å². The predicted octanol–water partition coefficient (Wildman–Crippen LogP) is -0.0830. The number of hydrogen-bond donors (Lipinski definition) is 0. The highest BCUT2D eigenvalue weighted by Gasteiger charge is 2.22. The van der Waals surface area contributed by atoms with Gasteiger partial charge in [0.25, 0.3) is 0 Å². The van der Waals surface area contributed by atoms with Gasteiger partial charge in [0, 0.05) is 51.3 Å². The van der Waals surface area contributed by atoms with E-state index in [1.54, 1.807) is 4.90 Å². The summed E-state index contributed by atoms with van der Waals surface area (Å²) in [6.45, 7) is 4.56. The number of para-hydroxylation sites is 1. The molecule has 24 heavy (non-hydrogen) atoms. The van der Waals surface area contributed by atoms with Crippen molar-refractivity contribution in [2.45, 2.75) is 6.92 Å². The van der Waals surface area contributed by atoms with Gasteiger partial charge in [-0.1, -0.05) is 12.1 Å². The Labute approximate surface area is 140 Å². The van der Waals surface area contributed by atoms with Gasteiger partial charge in [-0.2, -0.15) is 0 Å². The molecule has 0 saturated carbocycles. The Kier molecular flexibility index (Phi) is 4.46. The molecule has 0 spiro atoms. The number of aliphatic carboxylic acids is 1. The molecule has 6 nitrogen and oxygen atoms in total. The molecule has 0 atom stereocenters. The van der Waals surface area contributed by atoms with E-state index in [-0.39, 0.29) is 5.91 Å². The Hall–Kier alpha value is -2.89. The van der Waals surface area contributed by atoms with Gasteiger partial charge in [0.15, 0.2) is 5.69 Å². The van der Waals surface area contributed by atoms with E-state index in [2.05, 4.69) is 28.1 Å². The Bertz CT molecular complexity index is 808. The van der Waals surface area contributed by atoms with Gasteiger partial charge in [-0.15, -0.1) is 0 Å². The smallest absolute Gasteiger partial charge is 0.246 e. The quantitative estimate of drug-likeness (QED) is 0.740. The third-order valence-electron chi connectivity index (χ3n) is 4.18. The number of carbonyl (C=O) groups excluding carboxylic acids is 2. The molecule has 1 aliphatic rings. The SMILES string of the molecule is Cc1cc(N2CCN(C(=O)/C=C/C(=O)[O-])CC2)c2ccccc2[nH+]1. The number of benzene rings is 1. The average molecular weight is 325 g/mol. The Morgan fingerprint density at radius 2 is 1.83 bits per heavy atom. The maximum absolute atomic E-state index is 11.9. The summed E-state index contributed by atoms with van der Waals surface area (Å²) in [5.41, 5.74) is 3.32. The number of piperazine rings is 1. The minimum atomic E-state index is -1.36. The van der Waals surface area contributed by atoms with E-state index in [0.717, 1.165) is 34.4 Å². The van der Waals surface area contributed by atoms with Gasteiger partial charge in [0.2, 0.25) is 11.4 Å². The highest BCUT2D eigenvalue weighted by atomic mass is 16.4. The molecule has 3 rings (SSSR count). The number of nitrogens with zero attached hydrogens (tertiary/aromatic N) is 2. The highest BCUT2D eigenvalue weighted by Crippen LogP contribution is 2.25. The number of pyridine rings is 1. The molecule has 1 aliphatic heterocycles. The van der Waals surface area contributed by atoms with Gasteiger partial charge in [0.1, 0.15) is 0 Å². The van der Waals surface area contributed by atoms with Crippen LogP contribution in [0.5, 0.6) is 0 Å². The fraction of sp³-hybridized carbons (Fsp3) is 0.278. The first kappa shape index (κ1) is 16.0. The van der Waals surface area contributed by atoms with Crippen LogP contribution in [-0.4, -0.2) is 43.0 Å². The van der Waals surface area contributed by atoms with Crippen molar-refractivity contribution in [2.24, 2.45) is 0 Å². The van der Waals surface area contributed by atoms with E-state index in [0.29, 0.717) is 26.2 Å². The van der Waals surface area contributed by atoms with Crippen LogP contribution in [-0.2, 0) is 9.59 Å². The van der Waals surface area contributed by atoms with Crippen molar-refractivity contribution in [1.82, 2.24) is 4.90 Å². The monoisotopic (exact) mass is 325 g/mol. The number of carboxylic acids is 1. The van der Waals surface area contributed by atoms with E-state index in [4.69, 9.17) is 0 Å². The number of fused-ring (bicyclic) bond motifs is 1. The first-order valence-corrected chi connectivity index (χ1v) is 7.89. The van der Waals surface area contributed by atoms with Crippen molar-refractivity contribution in [3.05, 3.63) is 48.2 Å². The van der Waals surface area contributed by atoms with Crippen LogP contribution < -0.4 is 15.0 Å². The summed E-state index contributed by atoms with van der Waals surface area (Å²) in [4.78, 5) is 29.6. The number of aromatic nitrogens is 1. The van der Waals surface area contributed by atoms with Gasteiger partial charge in [0.05, 0.1) is 17.0 Å². The Balaban J connectivity index is 1.76. The summed E-state index contributed by atoms with van der Waals surface area (Å²) >= 11 is 0. The molecular weight excluding hydrogens is 306 g/mol. The van der Waals surface area contributed by atoms with Crippen molar-refractivity contribution in [3.63, 3.8) is 0 Å². The standard InChI is InChI=1S/C18H19N3O3/c1-13-12-16(14-4-2-3-5-15(14)19-13)20-8-10-21(11-9-20)17(22)6-7-18(23)24/h2-7,12H,8-11H2,1H3,(H,23,24)/b7-6+. The Morgan fingerprint density at radius 3 is 2.54 bits per heavy atom. The zero-order valence-electron chi connectivity index (χ0n) is 13.5. The second kappa shape index (κ2) is 6.70. The number of nitrogens with one attached hydrogen (secondary N) is 1. The molecule has 0 radical (unpaired) electrons. The third-order valence-corrected chi connectivity index (χ3v) is 4.18. The number of amides is 1. The van der Waals surface area contributed by atoms with Crippen molar-refractivity contribution in [1.29, 1.82) is 0 Å². The number of carboxylic acid groups (broad SMARTS) is 1. The minimum Gasteiger partial charge on any atom is -0.545 e. The average Bonchev–Trinajstić information content (AvgIpc) is 2.59. The van der Waals surface area contributed by atoms with Gasteiger partial charge < -0.3 is 19.7 Å². The maximum Gasteiger partial charge on any atom is 0.246 e. The molecule has 0 aliphatic carbocycles. The van der Waals surface area contributed by atoms with Gasteiger partial charge in [-0.3, -0.25) is 4.79 Å². The van der Waals surface area contributed by atoms with Crippen LogP contribution >= 0.6 is 0 Å². The number of anilines is 1. The molecular formula is C18H19N3O3. The molecule has 1 amide bonds. The van der Waals surface area contributed by atoms with E-state index in [9.17, 15) is 14.7 Å². The molecule has 1 fully saturated rings. The fourth-order valence-electron chi connectivity index (χ4n) is 3.02. The molecule has 2 heterocycles. The molecule has 1 aromatic heterocycles. The molecule has 1 saturated heterocycles. The van der Waals surface area contributed by atoms with Crippen LogP contribution in [0.25, 0.3) is 10.9 Å². The number of hydrogen-bond acceptors (Lipinski definition) is 4. The zero-order chi connectivity index (χ0) is 17.1. The molecule has 2 aromatic rings. The minimum absolute atomic E-state index is 0.290. The van der Waals surface area contributed by atoms with Gasteiger partial charge in [-0.05, 0) is 12.1 Å². The summed E-state index contributed by atoms with van der Waals surface area (Å²) in [5.74, 6) is -1.65. The van der Waals surface area contributed by atoms with Crippen LogP contribution in [0, 0.1) is 6.92 Å². The summed E-state index contributed by atoms with van der Waals surface area (Å²) in [6.07, 6.45) is 1.83. The lowest BCUT2D eigenvalue weighted by Crippen LogP contribution is -2.48. The van der Waals surface area contributed by atoms with E-state index < -0.39 is 5.97 Å². The van der Waals surface area contributed by atoms with Crippen LogP contribution in [0.1, 0.15) is 5.69 Å². The van der Waals surface area contributed by atoms with Crippen LogP contribution in [0.3, 0.4) is 0 Å². The second-order valence-electron chi connectivity index (χ2n) is 5.85. The van der Waals surface area contributed by atoms with Gasteiger partial charge >= 0.3 is 0 Å². The van der Waals surface area contributed by atoms with Crippen molar-refractivity contribution in [2.75, 3.05) is 31.1 Å². The predicted molar refractivity (Wildman–Crippen MR) is 88.2 cm³/mol. The molecule has 0 unspecified atom stereocenters. The first-order valence-electron chi connectivity index (χ1n) is 7.89. The van der Waals surface area contributed by atoms with Gasteiger partial charge in [-0.25, -0.2) is 4.98 Å². The molecule has 1 aromatic carbocycles. The number of aryl methyl sites for hydroxylation is 1. The number of carbonyl (C=O) groups is 2. The molecule has 1 N–H and O–H groups in total. The summed E-state index contributed by atoms with van der Waals surface area (Å²) in [5, 5.41) is 11.6. The normalized spacial score (nSPS) is 15.2. The zero-order valence-corrected chi connectivity index (χ0v) is 13.5. The number of H-pyrrole nitrogens is 1. The topological polar surface area (TPSA) is 77.8 Å². The third kappa shape index (κ3) is 3.37. The van der Waals surface area contributed by atoms with E-state index in [1.165, 1.54) is 0 Å². The van der Waals surface area contributed by atoms with Crippen molar-refractivity contribution in [3.8, 4) is 0 Å². The van der Waals surface area contributed by atoms with Crippen LogP contribution in [0.4, 0.5) is 5.69 Å². The lowest BCUT2D eigenvalue weighted by Gasteiger charge is -2.35.